The Balaban J connectivity index is 2.18. The number of anilines is 1. The number of para-hydroxylation sites is 2. The van der Waals surface area contributed by atoms with Crippen molar-refractivity contribution in [2.75, 3.05) is 11.9 Å². The van der Waals surface area contributed by atoms with Gasteiger partial charge in [-0.25, -0.2) is 0 Å². The topological polar surface area (TPSA) is 56.1 Å². The molecule has 0 aliphatic heterocycles. The number of aryl methyl sites for hydroxylation is 2. The molecule has 0 saturated heterocycles. The van der Waals surface area contributed by atoms with Crippen LogP contribution in [-0.2, 0) is 6.54 Å². The summed E-state index contributed by atoms with van der Waals surface area (Å²) in [5.74, 6) is 0.433. The quantitative estimate of drug-likeness (QED) is 0.911. The molecule has 0 saturated carbocycles. The number of hydrogen-bond donors (Lipinski definition) is 1. The molecular weight excluding hydrogens is 254 g/mol. The lowest BCUT2D eigenvalue weighted by Gasteiger charge is -2.10. The fourth-order valence-electron chi connectivity index (χ4n) is 1.98. The molecule has 0 bridgehead atoms. The molecule has 5 heteroatoms. The zero-order chi connectivity index (χ0) is 14.5. The molecule has 1 N–H and O–H groups in total. The summed E-state index contributed by atoms with van der Waals surface area (Å²) in [5.41, 5.74) is 2.04. The minimum Gasteiger partial charge on any atom is -0.492 e. The average Bonchev–Trinajstić information content (AvgIpc) is 2.82. The Morgan fingerprint density at radius 2 is 2.10 bits per heavy atom. The molecule has 1 amide bonds. The fourth-order valence-corrected chi connectivity index (χ4v) is 1.98. The van der Waals surface area contributed by atoms with Gasteiger partial charge in [-0.1, -0.05) is 12.1 Å². The van der Waals surface area contributed by atoms with Crippen molar-refractivity contribution >= 4 is 11.6 Å². The molecule has 0 aliphatic carbocycles. The molecule has 0 aliphatic rings. The number of carbonyl (C=O) groups excluding carboxylic acids is 1. The van der Waals surface area contributed by atoms with Crippen LogP contribution in [0, 0.1) is 6.92 Å². The first-order valence-corrected chi connectivity index (χ1v) is 6.73. The van der Waals surface area contributed by atoms with E-state index in [9.17, 15) is 4.79 Å². The third-order valence-corrected chi connectivity index (χ3v) is 2.95. The Morgan fingerprint density at radius 1 is 1.35 bits per heavy atom. The van der Waals surface area contributed by atoms with Crippen LogP contribution in [0.25, 0.3) is 0 Å². The van der Waals surface area contributed by atoms with Crippen LogP contribution in [0.5, 0.6) is 5.75 Å². The molecule has 0 radical (unpaired) electrons. The van der Waals surface area contributed by atoms with Gasteiger partial charge in [-0.05, 0) is 39.0 Å². The summed E-state index contributed by atoms with van der Waals surface area (Å²) < 4.78 is 7.28. The van der Waals surface area contributed by atoms with Crippen molar-refractivity contribution in [3.63, 3.8) is 0 Å². The normalized spacial score (nSPS) is 10.3. The standard InChI is InChI=1S/C15H19N3O2/c1-4-18-11(3)10-13(17-18)15(19)16-12-8-6-7-9-14(12)20-5-2/h6-10H,4-5H2,1-3H3,(H,16,19). The Hall–Kier alpha value is -2.30. The molecule has 0 fully saturated rings. The van der Waals surface area contributed by atoms with Crippen LogP contribution in [0.1, 0.15) is 30.0 Å². The van der Waals surface area contributed by atoms with E-state index in [1.807, 2.05) is 45.0 Å². The zero-order valence-electron chi connectivity index (χ0n) is 12.0. The van der Waals surface area contributed by atoms with E-state index >= 15 is 0 Å². The van der Waals surface area contributed by atoms with Crippen LogP contribution in [0.3, 0.4) is 0 Å². The van der Waals surface area contributed by atoms with Crippen LogP contribution >= 0.6 is 0 Å². The molecule has 20 heavy (non-hydrogen) atoms. The van der Waals surface area contributed by atoms with Gasteiger partial charge < -0.3 is 10.1 Å². The molecule has 5 nitrogen and oxygen atoms in total. The molecule has 1 heterocycles. The summed E-state index contributed by atoms with van der Waals surface area (Å²) in [6.45, 7) is 7.13. The maximum absolute atomic E-state index is 12.2. The number of rotatable bonds is 5. The van der Waals surface area contributed by atoms with Gasteiger partial charge in [-0.2, -0.15) is 5.10 Å². The van der Waals surface area contributed by atoms with Crippen LogP contribution in [0.4, 0.5) is 5.69 Å². The van der Waals surface area contributed by atoms with E-state index in [-0.39, 0.29) is 5.91 Å². The molecule has 2 aromatic rings. The first-order valence-electron chi connectivity index (χ1n) is 6.73. The van der Waals surface area contributed by atoms with Crippen LogP contribution in [0.2, 0.25) is 0 Å². The Morgan fingerprint density at radius 3 is 2.75 bits per heavy atom. The molecule has 1 aromatic heterocycles. The van der Waals surface area contributed by atoms with Crippen LogP contribution < -0.4 is 10.1 Å². The fraction of sp³-hybridized carbons (Fsp3) is 0.333. The Bertz CT molecular complexity index is 605. The lowest BCUT2D eigenvalue weighted by Crippen LogP contribution is -2.14. The molecule has 2 rings (SSSR count). The largest absolute Gasteiger partial charge is 0.492 e. The minimum atomic E-state index is -0.229. The van der Waals surface area contributed by atoms with Gasteiger partial charge in [0.2, 0.25) is 0 Å². The number of benzene rings is 1. The predicted molar refractivity (Wildman–Crippen MR) is 78.2 cm³/mol. The predicted octanol–water partition coefficient (Wildman–Crippen LogP) is 2.86. The molecule has 0 unspecified atom stereocenters. The minimum absolute atomic E-state index is 0.229. The van der Waals surface area contributed by atoms with E-state index < -0.39 is 0 Å². The lowest BCUT2D eigenvalue weighted by molar-refractivity contribution is 0.102. The van der Waals surface area contributed by atoms with Gasteiger partial charge in [0.1, 0.15) is 5.75 Å². The second-order valence-corrected chi connectivity index (χ2v) is 4.37. The van der Waals surface area contributed by atoms with E-state index in [0.717, 1.165) is 12.2 Å². The van der Waals surface area contributed by atoms with Crippen molar-refractivity contribution in [1.82, 2.24) is 9.78 Å². The third kappa shape index (κ3) is 2.99. The van der Waals surface area contributed by atoms with Crippen molar-refractivity contribution in [2.45, 2.75) is 27.3 Å². The van der Waals surface area contributed by atoms with Crippen LogP contribution in [-0.4, -0.2) is 22.3 Å². The van der Waals surface area contributed by atoms with Crippen molar-refractivity contribution < 1.29 is 9.53 Å². The van der Waals surface area contributed by atoms with E-state index in [0.29, 0.717) is 23.7 Å². The van der Waals surface area contributed by atoms with Gasteiger partial charge >= 0.3 is 0 Å². The van der Waals surface area contributed by atoms with E-state index in [4.69, 9.17) is 4.74 Å². The highest BCUT2D eigenvalue weighted by molar-refractivity contribution is 6.03. The van der Waals surface area contributed by atoms with Crippen molar-refractivity contribution in [3.05, 3.63) is 41.7 Å². The van der Waals surface area contributed by atoms with Gasteiger partial charge in [0.15, 0.2) is 5.69 Å². The number of nitrogens with zero attached hydrogens (tertiary/aromatic N) is 2. The maximum Gasteiger partial charge on any atom is 0.276 e. The molecule has 0 atom stereocenters. The monoisotopic (exact) mass is 273 g/mol. The van der Waals surface area contributed by atoms with E-state index in [1.165, 1.54) is 0 Å². The third-order valence-electron chi connectivity index (χ3n) is 2.95. The lowest BCUT2D eigenvalue weighted by atomic mass is 10.2. The van der Waals surface area contributed by atoms with Gasteiger partial charge in [0.25, 0.3) is 5.91 Å². The number of nitrogens with one attached hydrogen (secondary N) is 1. The first-order chi connectivity index (χ1) is 9.65. The number of hydrogen-bond acceptors (Lipinski definition) is 3. The van der Waals surface area contributed by atoms with Crippen molar-refractivity contribution in [1.29, 1.82) is 0 Å². The SMILES string of the molecule is CCOc1ccccc1NC(=O)c1cc(C)n(CC)n1. The second kappa shape index (κ2) is 6.23. The smallest absolute Gasteiger partial charge is 0.276 e. The average molecular weight is 273 g/mol. The van der Waals surface area contributed by atoms with Gasteiger partial charge in [-0.15, -0.1) is 0 Å². The highest BCUT2D eigenvalue weighted by Crippen LogP contribution is 2.24. The van der Waals surface area contributed by atoms with Crippen molar-refractivity contribution in [3.8, 4) is 5.75 Å². The highest BCUT2D eigenvalue weighted by atomic mass is 16.5. The molecule has 0 spiro atoms. The molecular formula is C15H19N3O2. The van der Waals surface area contributed by atoms with Crippen LogP contribution in [0.15, 0.2) is 30.3 Å². The summed E-state index contributed by atoms with van der Waals surface area (Å²) in [4.78, 5) is 12.2. The zero-order valence-corrected chi connectivity index (χ0v) is 12.0. The maximum atomic E-state index is 12.2. The summed E-state index contributed by atoms with van der Waals surface area (Å²) in [7, 11) is 0. The molecule has 1 aromatic carbocycles. The van der Waals surface area contributed by atoms with E-state index in [2.05, 4.69) is 10.4 Å². The van der Waals surface area contributed by atoms with Crippen molar-refractivity contribution in [2.24, 2.45) is 0 Å². The summed E-state index contributed by atoms with van der Waals surface area (Å²) >= 11 is 0. The van der Waals surface area contributed by atoms with Gasteiger partial charge in [0, 0.05) is 12.2 Å². The second-order valence-electron chi connectivity index (χ2n) is 4.37. The summed E-state index contributed by atoms with van der Waals surface area (Å²) in [6.07, 6.45) is 0. The highest BCUT2D eigenvalue weighted by Gasteiger charge is 2.13. The summed E-state index contributed by atoms with van der Waals surface area (Å²) in [5, 5.41) is 7.10. The first kappa shape index (κ1) is 14.1. The Kier molecular flexibility index (Phi) is 4.40. The Labute approximate surface area is 118 Å². The van der Waals surface area contributed by atoms with E-state index in [1.54, 1.807) is 10.7 Å². The number of amides is 1. The summed E-state index contributed by atoms with van der Waals surface area (Å²) in [6, 6.07) is 9.15. The number of ether oxygens (including phenoxy) is 1. The number of carbonyl (C=O) groups is 1. The van der Waals surface area contributed by atoms with Gasteiger partial charge in [0.05, 0.1) is 12.3 Å². The van der Waals surface area contributed by atoms with Gasteiger partial charge in [-0.3, -0.25) is 9.48 Å². The molecule has 106 valence electrons. The number of aromatic nitrogens is 2.